The number of rotatable bonds is 6. The molecular weight excluding hydrogens is 370 g/mol. The molecule has 0 unspecified atom stereocenters. The second-order valence-electron chi connectivity index (χ2n) is 6.96. The number of anilines is 1. The Morgan fingerprint density at radius 2 is 1.83 bits per heavy atom. The normalized spacial score (nSPS) is 14.1. The number of amides is 2. The van der Waals surface area contributed by atoms with E-state index in [4.69, 9.17) is 4.74 Å². The van der Waals surface area contributed by atoms with Gasteiger partial charge in [-0.05, 0) is 44.0 Å². The second-order valence-corrected chi connectivity index (χ2v) is 6.96. The molecule has 0 aliphatic heterocycles. The number of pyridine rings is 1. The third kappa shape index (κ3) is 5.40. The fourth-order valence-electron chi connectivity index (χ4n) is 3.38. The van der Waals surface area contributed by atoms with Crippen LogP contribution in [0.5, 0.6) is 0 Å². The first-order valence-corrected chi connectivity index (χ1v) is 9.93. The molecule has 2 aromatic rings. The Morgan fingerprint density at radius 3 is 2.59 bits per heavy atom. The highest BCUT2D eigenvalue weighted by molar-refractivity contribution is 6.08. The number of para-hydroxylation sites is 1. The van der Waals surface area contributed by atoms with E-state index in [9.17, 15) is 14.4 Å². The maximum atomic E-state index is 12.7. The molecule has 7 heteroatoms. The van der Waals surface area contributed by atoms with E-state index in [2.05, 4.69) is 15.6 Å². The maximum absolute atomic E-state index is 12.7. The zero-order valence-corrected chi connectivity index (χ0v) is 16.4. The first-order chi connectivity index (χ1) is 14.1. The molecule has 1 aromatic heterocycles. The van der Waals surface area contributed by atoms with Crippen LogP contribution in [0.4, 0.5) is 5.69 Å². The molecule has 0 saturated heterocycles. The number of benzene rings is 1. The SMILES string of the molecule is CCOC(=O)c1ccccc1NC(=O)c1ccnc(C(=O)NC2CCCCC2)c1. The number of carbonyl (C=O) groups is 3. The molecule has 0 radical (unpaired) electrons. The molecule has 29 heavy (non-hydrogen) atoms. The van der Waals surface area contributed by atoms with Crippen molar-refractivity contribution in [1.29, 1.82) is 0 Å². The van der Waals surface area contributed by atoms with Crippen LogP contribution >= 0.6 is 0 Å². The van der Waals surface area contributed by atoms with Crippen molar-refractivity contribution in [2.45, 2.75) is 45.1 Å². The van der Waals surface area contributed by atoms with E-state index in [-0.39, 0.29) is 35.4 Å². The second kappa shape index (κ2) is 9.82. The number of esters is 1. The van der Waals surface area contributed by atoms with Crippen LogP contribution in [0.25, 0.3) is 0 Å². The zero-order valence-electron chi connectivity index (χ0n) is 16.4. The van der Waals surface area contributed by atoms with Crippen LogP contribution in [0.2, 0.25) is 0 Å². The van der Waals surface area contributed by atoms with Crippen LogP contribution in [0.15, 0.2) is 42.6 Å². The number of hydrogen-bond acceptors (Lipinski definition) is 5. The molecule has 0 atom stereocenters. The van der Waals surface area contributed by atoms with E-state index in [1.165, 1.54) is 24.8 Å². The molecule has 2 amide bonds. The highest BCUT2D eigenvalue weighted by atomic mass is 16.5. The summed E-state index contributed by atoms with van der Waals surface area (Å²) in [6.07, 6.45) is 6.80. The van der Waals surface area contributed by atoms with Crippen molar-refractivity contribution >= 4 is 23.5 Å². The Morgan fingerprint density at radius 1 is 1.07 bits per heavy atom. The van der Waals surface area contributed by atoms with Gasteiger partial charge in [-0.2, -0.15) is 0 Å². The third-order valence-electron chi connectivity index (χ3n) is 4.87. The van der Waals surface area contributed by atoms with Crippen LogP contribution in [0, 0.1) is 0 Å². The van der Waals surface area contributed by atoms with E-state index in [0.29, 0.717) is 5.69 Å². The van der Waals surface area contributed by atoms with Crippen LogP contribution < -0.4 is 10.6 Å². The molecule has 1 saturated carbocycles. The summed E-state index contributed by atoms with van der Waals surface area (Å²) in [5, 5.41) is 5.71. The first kappa shape index (κ1) is 20.5. The maximum Gasteiger partial charge on any atom is 0.340 e. The molecule has 152 valence electrons. The van der Waals surface area contributed by atoms with Gasteiger partial charge in [0.1, 0.15) is 5.69 Å². The minimum Gasteiger partial charge on any atom is -0.462 e. The summed E-state index contributed by atoms with van der Waals surface area (Å²) in [5.41, 5.74) is 1.10. The smallest absolute Gasteiger partial charge is 0.340 e. The van der Waals surface area contributed by atoms with Crippen LogP contribution in [0.3, 0.4) is 0 Å². The Bertz CT molecular complexity index is 891. The number of nitrogens with one attached hydrogen (secondary N) is 2. The molecule has 2 N–H and O–H groups in total. The topological polar surface area (TPSA) is 97.4 Å². The Hall–Kier alpha value is -3.22. The molecule has 1 fully saturated rings. The van der Waals surface area contributed by atoms with Gasteiger partial charge in [0.05, 0.1) is 17.9 Å². The minimum absolute atomic E-state index is 0.159. The molecule has 1 heterocycles. The predicted molar refractivity (Wildman–Crippen MR) is 109 cm³/mol. The van der Waals surface area contributed by atoms with Gasteiger partial charge in [0, 0.05) is 17.8 Å². The molecule has 0 spiro atoms. The van der Waals surface area contributed by atoms with Crippen molar-refractivity contribution in [3.63, 3.8) is 0 Å². The lowest BCUT2D eigenvalue weighted by Gasteiger charge is -2.22. The van der Waals surface area contributed by atoms with Crippen molar-refractivity contribution in [3.05, 3.63) is 59.4 Å². The van der Waals surface area contributed by atoms with Crippen molar-refractivity contribution in [3.8, 4) is 0 Å². The van der Waals surface area contributed by atoms with Crippen LogP contribution in [-0.4, -0.2) is 35.4 Å². The van der Waals surface area contributed by atoms with E-state index in [1.54, 1.807) is 31.2 Å². The molecule has 0 bridgehead atoms. The monoisotopic (exact) mass is 395 g/mol. The fraction of sp³-hybridized carbons (Fsp3) is 0.364. The van der Waals surface area contributed by atoms with E-state index in [0.717, 1.165) is 25.7 Å². The number of nitrogens with zero attached hydrogens (tertiary/aromatic N) is 1. The number of carbonyl (C=O) groups excluding carboxylic acids is 3. The Labute approximate surface area is 169 Å². The van der Waals surface area contributed by atoms with E-state index >= 15 is 0 Å². The quantitative estimate of drug-likeness (QED) is 0.729. The van der Waals surface area contributed by atoms with E-state index < -0.39 is 11.9 Å². The minimum atomic E-state index is -0.509. The van der Waals surface area contributed by atoms with Crippen molar-refractivity contribution < 1.29 is 19.1 Å². The molecular formula is C22H25N3O4. The van der Waals surface area contributed by atoms with Gasteiger partial charge in [-0.1, -0.05) is 31.4 Å². The molecule has 3 rings (SSSR count). The molecule has 1 aromatic carbocycles. The Kier molecular flexibility index (Phi) is 6.94. The number of ether oxygens (including phenoxy) is 1. The van der Waals surface area contributed by atoms with Gasteiger partial charge < -0.3 is 15.4 Å². The van der Waals surface area contributed by atoms with Crippen LogP contribution in [0.1, 0.15) is 70.2 Å². The Balaban J connectivity index is 1.71. The molecule has 1 aliphatic carbocycles. The summed E-state index contributed by atoms with van der Waals surface area (Å²) < 4.78 is 5.03. The van der Waals surface area contributed by atoms with Gasteiger partial charge in [-0.25, -0.2) is 4.79 Å². The fourth-order valence-corrected chi connectivity index (χ4v) is 3.38. The molecule has 1 aliphatic rings. The van der Waals surface area contributed by atoms with Crippen molar-refractivity contribution in [2.24, 2.45) is 0 Å². The summed E-state index contributed by atoms with van der Waals surface area (Å²) in [6, 6.07) is 9.77. The highest BCUT2D eigenvalue weighted by Crippen LogP contribution is 2.19. The zero-order chi connectivity index (χ0) is 20.6. The van der Waals surface area contributed by atoms with Gasteiger partial charge in [-0.3, -0.25) is 14.6 Å². The first-order valence-electron chi connectivity index (χ1n) is 9.93. The number of aromatic nitrogens is 1. The summed E-state index contributed by atoms with van der Waals surface area (Å²) in [4.78, 5) is 41.4. The summed E-state index contributed by atoms with van der Waals surface area (Å²) in [7, 11) is 0. The average Bonchev–Trinajstić information content (AvgIpc) is 2.75. The number of hydrogen-bond donors (Lipinski definition) is 2. The lowest BCUT2D eigenvalue weighted by molar-refractivity contribution is 0.0527. The van der Waals surface area contributed by atoms with Gasteiger partial charge in [0.25, 0.3) is 11.8 Å². The van der Waals surface area contributed by atoms with Crippen molar-refractivity contribution in [1.82, 2.24) is 10.3 Å². The summed E-state index contributed by atoms with van der Waals surface area (Å²) in [6.45, 7) is 1.96. The largest absolute Gasteiger partial charge is 0.462 e. The lowest BCUT2D eigenvalue weighted by atomic mass is 9.95. The van der Waals surface area contributed by atoms with Crippen LogP contribution in [-0.2, 0) is 4.74 Å². The highest BCUT2D eigenvalue weighted by Gasteiger charge is 2.19. The third-order valence-corrected chi connectivity index (χ3v) is 4.87. The van der Waals surface area contributed by atoms with E-state index in [1.807, 2.05) is 0 Å². The predicted octanol–water partition coefficient (Wildman–Crippen LogP) is 3.57. The van der Waals surface area contributed by atoms with Gasteiger partial charge in [0.2, 0.25) is 0 Å². The lowest BCUT2D eigenvalue weighted by Crippen LogP contribution is -2.36. The average molecular weight is 395 g/mol. The van der Waals surface area contributed by atoms with Gasteiger partial charge in [0.15, 0.2) is 0 Å². The van der Waals surface area contributed by atoms with Gasteiger partial charge in [-0.15, -0.1) is 0 Å². The summed E-state index contributed by atoms with van der Waals surface area (Å²) in [5.74, 6) is -1.22. The summed E-state index contributed by atoms with van der Waals surface area (Å²) >= 11 is 0. The standard InChI is InChI=1S/C22H25N3O4/c1-2-29-22(28)17-10-6-7-11-18(17)25-20(26)15-12-13-23-19(14-15)21(27)24-16-8-4-3-5-9-16/h6-7,10-14,16H,2-5,8-9H2,1H3,(H,24,27)(H,25,26). The molecule has 7 nitrogen and oxygen atoms in total. The van der Waals surface area contributed by atoms with Crippen molar-refractivity contribution in [2.75, 3.05) is 11.9 Å². The van der Waals surface area contributed by atoms with Gasteiger partial charge >= 0.3 is 5.97 Å².